The van der Waals surface area contributed by atoms with E-state index in [1.165, 1.54) is 12.8 Å². The van der Waals surface area contributed by atoms with Gasteiger partial charge in [0.2, 0.25) is 0 Å². The molecule has 0 heterocycles. The lowest BCUT2D eigenvalue weighted by molar-refractivity contribution is 0.732. The van der Waals surface area contributed by atoms with E-state index in [9.17, 15) is 0 Å². The molecule has 0 N–H and O–H groups in total. The monoisotopic (exact) mass is 170 g/mol. The van der Waals surface area contributed by atoms with Crippen LogP contribution in [0, 0.1) is 0 Å². The average molecular weight is 171 g/mol. The number of alkyl halides is 1. The van der Waals surface area contributed by atoms with Crippen LogP contribution in [0.4, 0.5) is 0 Å². The van der Waals surface area contributed by atoms with E-state index in [0.717, 1.165) is 12.8 Å². The van der Waals surface area contributed by atoms with Crippen LogP contribution in [-0.4, -0.2) is 4.87 Å². The van der Waals surface area contributed by atoms with Gasteiger partial charge in [-0.2, -0.15) is 0 Å². The Morgan fingerprint density at radius 1 is 1.18 bits per heavy atom. The van der Waals surface area contributed by atoms with Crippen molar-refractivity contribution >= 4 is 11.6 Å². The molecule has 0 bridgehead atoms. The van der Waals surface area contributed by atoms with Crippen molar-refractivity contribution in [3.05, 3.63) is 24.3 Å². The fourth-order valence-electron chi connectivity index (χ4n) is 1.47. The molecule has 0 amide bonds. The van der Waals surface area contributed by atoms with Crippen molar-refractivity contribution < 1.29 is 0 Å². The summed E-state index contributed by atoms with van der Waals surface area (Å²) < 4.78 is 0. The summed E-state index contributed by atoms with van der Waals surface area (Å²) in [5.41, 5.74) is 0. The first kappa shape index (κ1) is 8.86. The second kappa shape index (κ2) is 3.96. The second-order valence-corrected chi connectivity index (χ2v) is 3.88. The van der Waals surface area contributed by atoms with Crippen LogP contribution >= 0.6 is 11.6 Å². The predicted octanol–water partition coefficient (Wildman–Crippen LogP) is 3.67. The van der Waals surface area contributed by atoms with Crippen molar-refractivity contribution in [2.24, 2.45) is 0 Å². The summed E-state index contributed by atoms with van der Waals surface area (Å²) in [5.74, 6) is 0. The molecule has 0 spiro atoms. The van der Waals surface area contributed by atoms with E-state index < -0.39 is 0 Å². The van der Waals surface area contributed by atoms with Gasteiger partial charge in [0.15, 0.2) is 0 Å². The molecule has 62 valence electrons. The Morgan fingerprint density at radius 3 is 2.36 bits per heavy atom. The fourth-order valence-corrected chi connectivity index (χ4v) is 1.81. The number of halogens is 1. The molecule has 11 heavy (non-hydrogen) atoms. The Balaban J connectivity index is 2.45. The molecule has 0 aromatic heterocycles. The van der Waals surface area contributed by atoms with Crippen molar-refractivity contribution in [1.82, 2.24) is 0 Å². The van der Waals surface area contributed by atoms with Gasteiger partial charge >= 0.3 is 0 Å². The second-order valence-electron chi connectivity index (χ2n) is 3.13. The van der Waals surface area contributed by atoms with Crippen LogP contribution < -0.4 is 0 Å². The lowest BCUT2D eigenvalue weighted by Crippen LogP contribution is -2.10. The summed E-state index contributed by atoms with van der Waals surface area (Å²) in [6.45, 7) is 2.01. The van der Waals surface area contributed by atoms with Crippen LogP contribution in [-0.2, 0) is 0 Å². The number of hydrogen-bond acceptors (Lipinski definition) is 0. The first-order valence-corrected chi connectivity index (χ1v) is 4.64. The van der Waals surface area contributed by atoms with Gasteiger partial charge in [-0.15, -0.1) is 11.6 Å². The molecule has 0 aliphatic heterocycles. The van der Waals surface area contributed by atoms with Gasteiger partial charge in [-0.1, -0.05) is 37.1 Å². The van der Waals surface area contributed by atoms with Crippen LogP contribution in [0.25, 0.3) is 0 Å². The zero-order valence-electron chi connectivity index (χ0n) is 7.02. The SMILES string of the molecule is C/C=C\C=C/C1(Cl)CCCC1. The third kappa shape index (κ3) is 2.70. The van der Waals surface area contributed by atoms with E-state index in [1.54, 1.807) is 0 Å². The standard InChI is InChI=1S/C10H15Cl/c1-2-3-4-7-10(11)8-5-6-9-10/h2-4,7H,5-6,8-9H2,1H3/b3-2-,7-4-. The van der Waals surface area contributed by atoms with Gasteiger partial charge in [0.05, 0.1) is 4.87 Å². The molecule has 0 atom stereocenters. The van der Waals surface area contributed by atoms with Crippen LogP contribution in [0.1, 0.15) is 32.6 Å². The van der Waals surface area contributed by atoms with Gasteiger partial charge < -0.3 is 0 Å². The summed E-state index contributed by atoms with van der Waals surface area (Å²) in [6, 6.07) is 0. The summed E-state index contributed by atoms with van der Waals surface area (Å²) in [4.78, 5) is -0.0144. The first-order chi connectivity index (χ1) is 5.27. The van der Waals surface area contributed by atoms with Gasteiger partial charge in [-0.05, 0) is 19.8 Å². The summed E-state index contributed by atoms with van der Waals surface area (Å²) in [6.07, 6.45) is 13.1. The zero-order chi connectivity index (χ0) is 8.16. The molecule has 1 fully saturated rings. The molecule has 0 aromatic carbocycles. The summed E-state index contributed by atoms with van der Waals surface area (Å²) in [7, 11) is 0. The van der Waals surface area contributed by atoms with E-state index in [0.29, 0.717) is 0 Å². The van der Waals surface area contributed by atoms with E-state index in [4.69, 9.17) is 11.6 Å². The van der Waals surface area contributed by atoms with Crippen molar-refractivity contribution in [2.75, 3.05) is 0 Å². The highest BCUT2D eigenvalue weighted by atomic mass is 35.5. The van der Waals surface area contributed by atoms with Crippen LogP contribution in [0.2, 0.25) is 0 Å². The quantitative estimate of drug-likeness (QED) is 0.438. The summed E-state index contributed by atoms with van der Waals surface area (Å²) >= 11 is 6.29. The van der Waals surface area contributed by atoms with Crippen molar-refractivity contribution in [2.45, 2.75) is 37.5 Å². The van der Waals surface area contributed by atoms with E-state index in [2.05, 4.69) is 12.2 Å². The minimum Gasteiger partial charge on any atom is -0.115 e. The van der Waals surface area contributed by atoms with Gasteiger partial charge in [0, 0.05) is 0 Å². The summed E-state index contributed by atoms with van der Waals surface area (Å²) in [5, 5.41) is 0. The third-order valence-corrected chi connectivity index (χ3v) is 2.64. The number of rotatable bonds is 2. The minimum atomic E-state index is -0.0144. The van der Waals surface area contributed by atoms with Crippen LogP contribution in [0.3, 0.4) is 0 Å². The van der Waals surface area contributed by atoms with Crippen molar-refractivity contribution in [3.8, 4) is 0 Å². The normalized spacial score (nSPS) is 23.8. The molecule has 1 aliphatic carbocycles. The topological polar surface area (TPSA) is 0 Å². The van der Waals surface area contributed by atoms with Gasteiger partial charge in [0.25, 0.3) is 0 Å². The molecule has 0 nitrogen and oxygen atoms in total. The minimum absolute atomic E-state index is 0.0144. The van der Waals surface area contributed by atoms with Crippen molar-refractivity contribution in [1.29, 1.82) is 0 Å². The Bertz CT molecular complexity index is 162. The molecule has 0 radical (unpaired) electrons. The maximum absolute atomic E-state index is 6.29. The maximum Gasteiger partial charge on any atom is 0.0629 e. The molecular formula is C10H15Cl. The molecule has 1 rings (SSSR count). The van der Waals surface area contributed by atoms with E-state index >= 15 is 0 Å². The molecular weight excluding hydrogens is 156 g/mol. The van der Waals surface area contributed by atoms with E-state index in [-0.39, 0.29) is 4.87 Å². The highest BCUT2D eigenvalue weighted by molar-refractivity contribution is 6.25. The molecule has 0 saturated heterocycles. The Hall–Kier alpha value is -0.230. The Morgan fingerprint density at radius 2 is 1.82 bits per heavy atom. The lowest BCUT2D eigenvalue weighted by Gasteiger charge is -2.13. The van der Waals surface area contributed by atoms with Crippen LogP contribution in [0.15, 0.2) is 24.3 Å². The average Bonchev–Trinajstić information content (AvgIpc) is 2.38. The Labute approximate surface area is 73.9 Å². The van der Waals surface area contributed by atoms with E-state index in [1.807, 2.05) is 19.1 Å². The van der Waals surface area contributed by atoms with Crippen LogP contribution in [0.5, 0.6) is 0 Å². The highest BCUT2D eigenvalue weighted by Crippen LogP contribution is 2.36. The van der Waals surface area contributed by atoms with Gasteiger partial charge in [-0.3, -0.25) is 0 Å². The third-order valence-electron chi connectivity index (χ3n) is 2.13. The smallest absolute Gasteiger partial charge is 0.0629 e. The molecule has 1 aliphatic rings. The highest BCUT2D eigenvalue weighted by Gasteiger charge is 2.27. The van der Waals surface area contributed by atoms with Gasteiger partial charge in [-0.25, -0.2) is 0 Å². The predicted molar refractivity (Wildman–Crippen MR) is 51.0 cm³/mol. The zero-order valence-corrected chi connectivity index (χ0v) is 7.77. The molecule has 1 heteroatoms. The maximum atomic E-state index is 6.29. The number of allylic oxidation sites excluding steroid dienone is 4. The first-order valence-electron chi connectivity index (χ1n) is 4.26. The largest absolute Gasteiger partial charge is 0.115 e. The fraction of sp³-hybridized carbons (Fsp3) is 0.600. The Kier molecular flexibility index (Phi) is 3.19. The number of hydrogen-bond donors (Lipinski definition) is 0. The lowest BCUT2D eigenvalue weighted by atomic mass is 10.1. The molecule has 0 aromatic rings. The molecule has 1 saturated carbocycles. The van der Waals surface area contributed by atoms with Crippen molar-refractivity contribution in [3.63, 3.8) is 0 Å². The van der Waals surface area contributed by atoms with Gasteiger partial charge in [0.1, 0.15) is 0 Å². The molecule has 0 unspecified atom stereocenters.